The van der Waals surface area contributed by atoms with Crippen molar-refractivity contribution >= 4 is 34.6 Å². The number of hydrogen-bond donors (Lipinski definition) is 2. The van der Waals surface area contributed by atoms with Gasteiger partial charge in [-0.2, -0.15) is 0 Å². The molecule has 0 aliphatic rings. The van der Waals surface area contributed by atoms with Gasteiger partial charge in [-0.15, -0.1) is 0 Å². The minimum atomic E-state index is -0.420. The van der Waals surface area contributed by atoms with Gasteiger partial charge in [-0.25, -0.2) is 4.79 Å². The second kappa shape index (κ2) is 5.63. The third kappa shape index (κ3) is 2.98. The monoisotopic (exact) mass is 276 g/mol. The topological polar surface area (TPSA) is 64.3 Å². The van der Waals surface area contributed by atoms with E-state index in [0.29, 0.717) is 22.0 Å². The summed E-state index contributed by atoms with van der Waals surface area (Å²) in [6, 6.07) is 12.3. The predicted molar refractivity (Wildman–Crippen MR) is 76.9 cm³/mol. The zero-order valence-corrected chi connectivity index (χ0v) is 11.1. The molecule has 2 aromatic carbocycles. The summed E-state index contributed by atoms with van der Waals surface area (Å²) in [5, 5.41) is 3.71. The summed E-state index contributed by atoms with van der Waals surface area (Å²) >= 11 is 6.05. The number of ether oxygens (including phenoxy) is 1. The normalized spacial score (nSPS) is 10.0. The highest BCUT2D eigenvalue weighted by Crippen LogP contribution is 2.28. The number of para-hydroxylation sites is 1. The molecule has 19 heavy (non-hydrogen) atoms. The van der Waals surface area contributed by atoms with Crippen LogP contribution >= 0.6 is 11.6 Å². The summed E-state index contributed by atoms with van der Waals surface area (Å²) < 4.78 is 4.63. The predicted octanol–water partition coefficient (Wildman–Crippen LogP) is 3.45. The number of nitrogens with two attached hydrogens (primary N) is 1. The van der Waals surface area contributed by atoms with Crippen LogP contribution in [0, 0.1) is 0 Å². The summed E-state index contributed by atoms with van der Waals surface area (Å²) in [4.78, 5) is 11.4. The first-order valence-corrected chi connectivity index (χ1v) is 5.99. The molecule has 0 fully saturated rings. The maximum absolute atomic E-state index is 11.4. The van der Waals surface area contributed by atoms with Crippen molar-refractivity contribution in [3.05, 3.63) is 53.1 Å². The number of carbonyl (C=O) groups is 1. The molecule has 0 bridgehead atoms. The Kier molecular flexibility index (Phi) is 3.92. The number of benzene rings is 2. The highest BCUT2D eigenvalue weighted by atomic mass is 35.5. The molecule has 0 amide bonds. The number of esters is 1. The van der Waals surface area contributed by atoms with Crippen molar-refractivity contribution in [2.75, 3.05) is 18.2 Å². The lowest BCUT2D eigenvalue weighted by atomic mass is 10.1. The molecule has 2 rings (SSSR count). The third-order valence-electron chi connectivity index (χ3n) is 2.62. The molecule has 98 valence electrons. The van der Waals surface area contributed by atoms with Crippen LogP contribution in [0.3, 0.4) is 0 Å². The maximum Gasteiger partial charge on any atom is 0.337 e. The van der Waals surface area contributed by atoms with Crippen LogP contribution in [0.15, 0.2) is 42.5 Å². The lowest BCUT2D eigenvalue weighted by molar-refractivity contribution is 0.0601. The van der Waals surface area contributed by atoms with Gasteiger partial charge in [0.15, 0.2) is 0 Å². The second-order valence-corrected chi connectivity index (χ2v) is 4.31. The van der Waals surface area contributed by atoms with Crippen LogP contribution in [0.5, 0.6) is 0 Å². The quantitative estimate of drug-likeness (QED) is 0.666. The van der Waals surface area contributed by atoms with Crippen LogP contribution in [-0.4, -0.2) is 13.1 Å². The Bertz CT molecular complexity index is 614. The number of methoxy groups -OCH3 is 1. The first kappa shape index (κ1) is 13.2. The van der Waals surface area contributed by atoms with Crippen molar-refractivity contribution in [3.8, 4) is 0 Å². The Labute approximate surface area is 116 Å². The minimum absolute atomic E-state index is 0.407. The van der Waals surface area contributed by atoms with E-state index in [1.807, 2.05) is 18.2 Å². The average Bonchev–Trinajstić information content (AvgIpc) is 2.42. The van der Waals surface area contributed by atoms with E-state index in [1.54, 1.807) is 24.3 Å². The molecule has 0 radical (unpaired) electrons. The molecule has 0 aliphatic heterocycles. The summed E-state index contributed by atoms with van der Waals surface area (Å²) in [5.41, 5.74) is 8.19. The molecule has 0 unspecified atom stereocenters. The maximum atomic E-state index is 11.4. The first-order valence-electron chi connectivity index (χ1n) is 5.61. The molecule has 0 atom stereocenters. The van der Waals surface area contributed by atoms with Crippen molar-refractivity contribution in [1.82, 2.24) is 0 Å². The third-order valence-corrected chi connectivity index (χ3v) is 2.95. The van der Waals surface area contributed by atoms with Crippen LogP contribution < -0.4 is 11.1 Å². The number of carbonyl (C=O) groups excluding carboxylic acids is 1. The fourth-order valence-electron chi connectivity index (χ4n) is 1.63. The Morgan fingerprint density at radius 2 is 1.95 bits per heavy atom. The summed E-state index contributed by atoms with van der Waals surface area (Å²) in [5.74, 6) is -0.420. The molecular weight excluding hydrogens is 264 g/mol. The van der Waals surface area contributed by atoms with Crippen LogP contribution in [0.4, 0.5) is 17.1 Å². The van der Waals surface area contributed by atoms with Gasteiger partial charge >= 0.3 is 5.97 Å². The lowest BCUT2D eigenvalue weighted by Crippen LogP contribution is -2.04. The van der Waals surface area contributed by atoms with Gasteiger partial charge in [-0.3, -0.25) is 0 Å². The van der Waals surface area contributed by atoms with Crippen molar-refractivity contribution in [3.63, 3.8) is 0 Å². The number of anilines is 3. The summed E-state index contributed by atoms with van der Waals surface area (Å²) in [7, 11) is 1.33. The summed E-state index contributed by atoms with van der Waals surface area (Å²) in [6.45, 7) is 0. The zero-order valence-electron chi connectivity index (χ0n) is 10.3. The van der Waals surface area contributed by atoms with Gasteiger partial charge in [0, 0.05) is 0 Å². The Balaban J connectivity index is 2.27. The van der Waals surface area contributed by atoms with Crippen LogP contribution in [0.2, 0.25) is 5.02 Å². The highest BCUT2D eigenvalue weighted by Gasteiger charge is 2.08. The molecule has 0 saturated heterocycles. The van der Waals surface area contributed by atoms with Crippen molar-refractivity contribution in [1.29, 1.82) is 0 Å². The number of nitrogen functional groups attached to an aromatic ring is 1. The standard InChI is InChI=1S/C14H13ClN2O2/c1-19-14(18)9-6-7-13(11(16)8-9)17-12-5-3-2-4-10(12)15/h2-8,17H,16H2,1H3. The molecule has 0 aromatic heterocycles. The van der Waals surface area contributed by atoms with Crippen molar-refractivity contribution in [2.45, 2.75) is 0 Å². The van der Waals surface area contributed by atoms with E-state index in [0.717, 1.165) is 5.69 Å². The molecule has 0 spiro atoms. The fraction of sp³-hybridized carbons (Fsp3) is 0.0714. The van der Waals surface area contributed by atoms with E-state index in [2.05, 4.69) is 10.1 Å². The molecule has 0 saturated carbocycles. The van der Waals surface area contributed by atoms with E-state index in [9.17, 15) is 4.79 Å². The molecule has 0 heterocycles. The lowest BCUT2D eigenvalue weighted by Gasteiger charge is -2.11. The Hall–Kier alpha value is -2.20. The van der Waals surface area contributed by atoms with Gasteiger partial charge in [-0.05, 0) is 30.3 Å². The van der Waals surface area contributed by atoms with E-state index in [-0.39, 0.29) is 0 Å². The van der Waals surface area contributed by atoms with Crippen LogP contribution in [-0.2, 0) is 4.74 Å². The van der Waals surface area contributed by atoms with E-state index in [1.165, 1.54) is 7.11 Å². The zero-order chi connectivity index (χ0) is 13.8. The molecule has 3 N–H and O–H groups in total. The van der Waals surface area contributed by atoms with Gasteiger partial charge < -0.3 is 15.8 Å². The van der Waals surface area contributed by atoms with Crippen molar-refractivity contribution < 1.29 is 9.53 Å². The van der Waals surface area contributed by atoms with Gasteiger partial charge in [-0.1, -0.05) is 23.7 Å². The number of nitrogens with one attached hydrogen (secondary N) is 1. The molecule has 2 aromatic rings. The SMILES string of the molecule is COC(=O)c1ccc(Nc2ccccc2Cl)c(N)c1. The van der Waals surface area contributed by atoms with Gasteiger partial charge in [0.1, 0.15) is 0 Å². The van der Waals surface area contributed by atoms with Gasteiger partial charge in [0.2, 0.25) is 0 Å². The van der Waals surface area contributed by atoms with Gasteiger partial charge in [0.05, 0.1) is 34.8 Å². The van der Waals surface area contributed by atoms with Crippen LogP contribution in [0.25, 0.3) is 0 Å². The second-order valence-electron chi connectivity index (χ2n) is 3.90. The smallest absolute Gasteiger partial charge is 0.337 e. The summed E-state index contributed by atoms with van der Waals surface area (Å²) in [6.07, 6.45) is 0. The highest BCUT2D eigenvalue weighted by molar-refractivity contribution is 6.33. The molecule has 4 nitrogen and oxygen atoms in total. The molecular formula is C14H13ClN2O2. The minimum Gasteiger partial charge on any atom is -0.465 e. The van der Waals surface area contributed by atoms with E-state index in [4.69, 9.17) is 17.3 Å². The van der Waals surface area contributed by atoms with Gasteiger partial charge in [0.25, 0.3) is 0 Å². The first-order chi connectivity index (χ1) is 9.11. The number of halogens is 1. The molecule has 0 aliphatic carbocycles. The van der Waals surface area contributed by atoms with Crippen LogP contribution in [0.1, 0.15) is 10.4 Å². The number of hydrogen-bond acceptors (Lipinski definition) is 4. The van der Waals surface area contributed by atoms with Crippen molar-refractivity contribution in [2.24, 2.45) is 0 Å². The Morgan fingerprint density at radius 3 is 2.58 bits per heavy atom. The van der Waals surface area contributed by atoms with E-state index >= 15 is 0 Å². The fourth-order valence-corrected chi connectivity index (χ4v) is 1.81. The largest absolute Gasteiger partial charge is 0.465 e. The Morgan fingerprint density at radius 1 is 1.21 bits per heavy atom. The number of rotatable bonds is 3. The molecule has 5 heteroatoms. The average molecular weight is 277 g/mol. The van der Waals surface area contributed by atoms with E-state index < -0.39 is 5.97 Å².